The molecule has 1 atom stereocenters. The molecule has 0 radical (unpaired) electrons. The Morgan fingerprint density at radius 3 is 2.63 bits per heavy atom. The number of fused-ring (bicyclic) bond motifs is 1. The van der Waals surface area contributed by atoms with E-state index in [4.69, 9.17) is 10.5 Å². The van der Waals surface area contributed by atoms with Crippen molar-refractivity contribution in [3.05, 3.63) is 90.1 Å². The lowest BCUT2D eigenvalue weighted by Crippen LogP contribution is -2.14. The number of allylic oxidation sites excluding steroid dienone is 2. The fourth-order valence-corrected chi connectivity index (χ4v) is 4.68. The van der Waals surface area contributed by atoms with Crippen LogP contribution in [0, 0.1) is 0 Å². The number of phenols is 2. The number of pyridine rings is 1. The summed E-state index contributed by atoms with van der Waals surface area (Å²) < 4.78 is 5.30. The van der Waals surface area contributed by atoms with Crippen molar-refractivity contribution >= 4 is 22.4 Å². The van der Waals surface area contributed by atoms with Crippen LogP contribution in [-0.4, -0.2) is 28.1 Å². The average molecular weight is 511 g/mol. The summed E-state index contributed by atoms with van der Waals surface area (Å²) in [6.45, 7) is 2.16. The summed E-state index contributed by atoms with van der Waals surface area (Å²) in [5, 5.41) is 22.1. The Bertz CT molecular complexity index is 1440. The number of carbonyl (C=O) groups excluding carboxylic acids is 1. The highest BCUT2D eigenvalue weighted by atomic mass is 16.5. The van der Waals surface area contributed by atoms with Crippen LogP contribution in [0.15, 0.2) is 79.0 Å². The number of ketones is 1. The van der Waals surface area contributed by atoms with E-state index in [1.807, 2.05) is 30.3 Å². The summed E-state index contributed by atoms with van der Waals surface area (Å²) in [4.78, 5) is 17.9. The van der Waals surface area contributed by atoms with E-state index >= 15 is 0 Å². The summed E-state index contributed by atoms with van der Waals surface area (Å²) in [5.74, 6) is 0.496. The molecule has 4 rings (SSSR count). The molecule has 0 aliphatic heterocycles. The van der Waals surface area contributed by atoms with Gasteiger partial charge in [-0.05, 0) is 95.3 Å². The fourth-order valence-electron chi connectivity index (χ4n) is 4.68. The van der Waals surface area contributed by atoms with Crippen LogP contribution in [0.25, 0.3) is 21.9 Å². The van der Waals surface area contributed by atoms with Crippen molar-refractivity contribution in [3.63, 3.8) is 0 Å². The van der Waals surface area contributed by atoms with Crippen LogP contribution in [-0.2, 0) is 11.2 Å². The molecule has 0 unspecified atom stereocenters. The fraction of sp³-hybridized carbons (Fsp3) is 0.250. The Kier molecular flexibility index (Phi) is 8.64. The van der Waals surface area contributed by atoms with Gasteiger partial charge in [-0.1, -0.05) is 44.0 Å². The van der Waals surface area contributed by atoms with Gasteiger partial charge in [0.05, 0.1) is 13.0 Å². The van der Waals surface area contributed by atoms with Crippen LogP contribution >= 0.6 is 0 Å². The van der Waals surface area contributed by atoms with E-state index in [2.05, 4.69) is 11.9 Å². The number of nitrogens with two attached hydrogens (primary N) is 1. The molecule has 1 heterocycles. The number of rotatable bonds is 11. The summed E-state index contributed by atoms with van der Waals surface area (Å²) in [6, 6.07) is 18.0. The number of carbonyl (C=O) groups is 1. The second-order valence-electron chi connectivity index (χ2n) is 9.51. The number of nitrogens with zero attached hydrogens (tertiary/aromatic N) is 1. The molecule has 0 spiro atoms. The molecule has 6 nitrogen and oxygen atoms in total. The number of aromatic hydroxyl groups is 2. The number of hydrogen-bond donors (Lipinski definition) is 3. The number of aromatic nitrogens is 1. The molecule has 0 aliphatic rings. The Labute approximate surface area is 223 Å². The van der Waals surface area contributed by atoms with Crippen LogP contribution in [0.4, 0.5) is 5.82 Å². The third-order valence-electron chi connectivity index (χ3n) is 6.74. The van der Waals surface area contributed by atoms with E-state index in [0.29, 0.717) is 18.0 Å². The molecule has 1 aromatic heterocycles. The lowest BCUT2D eigenvalue weighted by atomic mass is 9.84. The summed E-state index contributed by atoms with van der Waals surface area (Å²) >= 11 is 0. The number of nitrogen functional groups attached to an aromatic ring is 1. The highest BCUT2D eigenvalue weighted by Crippen LogP contribution is 2.36. The lowest BCUT2D eigenvalue weighted by molar-refractivity contribution is -0.116. The second-order valence-corrected chi connectivity index (χ2v) is 9.51. The van der Waals surface area contributed by atoms with E-state index < -0.39 is 5.92 Å². The van der Waals surface area contributed by atoms with Crippen LogP contribution in [0.3, 0.4) is 0 Å². The van der Waals surface area contributed by atoms with Gasteiger partial charge in [0, 0.05) is 11.8 Å². The number of methoxy groups -OCH3 is 1. The first-order valence-corrected chi connectivity index (χ1v) is 12.9. The predicted molar refractivity (Wildman–Crippen MR) is 153 cm³/mol. The van der Waals surface area contributed by atoms with Crippen LogP contribution in [0.1, 0.15) is 49.7 Å². The van der Waals surface area contributed by atoms with Gasteiger partial charge in [-0.25, -0.2) is 4.98 Å². The highest BCUT2D eigenvalue weighted by Gasteiger charge is 2.22. The number of benzene rings is 3. The number of phenolic OH excluding ortho intramolecular Hbond substituents is 2. The van der Waals surface area contributed by atoms with E-state index in [0.717, 1.165) is 58.7 Å². The van der Waals surface area contributed by atoms with Crippen molar-refractivity contribution in [3.8, 4) is 28.4 Å². The maximum atomic E-state index is 13.7. The number of anilines is 1. The molecule has 6 heteroatoms. The average Bonchev–Trinajstić information content (AvgIpc) is 2.92. The number of unbranched alkanes of at least 4 members (excludes halogenated alkanes) is 3. The zero-order valence-electron chi connectivity index (χ0n) is 21.9. The molecule has 196 valence electrons. The summed E-state index contributed by atoms with van der Waals surface area (Å²) in [7, 11) is 1.50. The Balaban J connectivity index is 1.82. The minimum Gasteiger partial charge on any atom is -0.508 e. The molecule has 4 aromatic rings. The van der Waals surface area contributed by atoms with Crippen LogP contribution < -0.4 is 10.5 Å². The summed E-state index contributed by atoms with van der Waals surface area (Å²) in [6.07, 6.45) is 9.93. The monoisotopic (exact) mass is 510 g/mol. The SMILES string of the molecule is CCCCC/C=C/C(=O)[C@H](Cc1ccc(O)c(OC)c1)c1cc(-c2ccc(N)nc2)c2ccc(O)cc2c1. The molecule has 0 amide bonds. The van der Waals surface area contributed by atoms with Gasteiger partial charge in [-0.3, -0.25) is 4.79 Å². The highest BCUT2D eigenvalue weighted by molar-refractivity contribution is 6.01. The maximum Gasteiger partial charge on any atom is 0.163 e. The number of hydrogen-bond acceptors (Lipinski definition) is 6. The summed E-state index contributed by atoms with van der Waals surface area (Å²) in [5.41, 5.74) is 9.28. The molecule has 0 saturated carbocycles. The molecule has 38 heavy (non-hydrogen) atoms. The first kappa shape index (κ1) is 26.7. The Morgan fingerprint density at radius 1 is 1.05 bits per heavy atom. The molecule has 4 N–H and O–H groups in total. The predicted octanol–water partition coefficient (Wildman–Crippen LogP) is 6.94. The van der Waals surface area contributed by atoms with E-state index in [-0.39, 0.29) is 17.3 Å². The first-order chi connectivity index (χ1) is 18.4. The zero-order chi connectivity index (χ0) is 27.1. The normalized spacial score (nSPS) is 12.2. The van der Waals surface area contributed by atoms with Gasteiger partial charge in [-0.2, -0.15) is 0 Å². The maximum absolute atomic E-state index is 13.7. The van der Waals surface area contributed by atoms with Gasteiger partial charge in [0.2, 0.25) is 0 Å². The van der Waals surface area contributed by atoms with Gasteiger partial charge in [-0.15, -0.1) is 0 Å². The van der Waals surface area contributed by atoms with Crippen molar-refractivity contribution in [2.75, 3.05) is 12.8 Å². The molecular formula is C32H34N2O4. The molecule has 0 aliphatic carbocycles. The zero-order valence-corrected chi connectivity index (χ0v) is 21.9. The van der Waals surface area contributed by atoms with Crippen molar-refractivity contribution in [2.24, 2.45) is 0 Å². The lowest BCUT2D eigenvalue weighted by Gasteiger charge is -2.19. The third kappa shape index (κ3) is 6.32. The quantitative estimate of drug-likeness (QED) is 0.149. The van der Waals surface area contributed by atoms with E-state index in [9.17, 15) is 15.0 Å². The minimum absolute atomic E-state index is 0.00516. The Hall–Kier alpha value is -4.32. The Morgan fingerprint density at radius 2 is 1.89 bits per heavy atom. The largest absolute Gasteiger partial charge is 0.508 e. The molecule has 0 saturated heterocycles. The molecule has 0 fully saturated rings. The van der Waals surface area contributed by atoms with Crippen molar-refractivity contribution in [1.29, 1.82) is 0 Å². The van der Waals surface area contributed by atoms with E-state index in [1.165, 1.54) is 7.11 Å². The van der Waals surface area contributed by atoms with Gasteiger partial charge in [0.1, 0.15) is 11.6 Å². The molecule has 0 bridgehead atoms. The third-order valence-corrected chi connectivity index (χ3v) is 6.74. The first-order valence-electron chi connectivity index (χ1n) is 12.9. The van der Waals surface area contributed by atoms with Gasteiger partial charge in [0.25, 0.3) is 0 Å². The van der Waals surface area contributed by atoms with Gasteiger partial charge < -0.3 is 20.7 Å². The topological polar surface area (TPSA) is 106 Å². The second kappa shape index (κ2) is 12.3. The number of ether oxygens (including phenoxy) is 1. The van der Waals surface area contributed by atoms with Crippen LogP contribution in [0.5, 0.6) is 17.2 Å². The van der Waals surface area contributed by atoms with Crippen molar-refractivity contribution < 1.29 is 19.7 Å². The van der Waals surface area contributed by atoms with Gasteiger partial charge >= 0.3 is 0 Å². The minimum atomic E-state index is -0.487. The molecular weight excluding hydrogens is 476 g/mol. The van der Waals surface area contributed by atoms with Crippen molar-refractivity contribution in [2.45, 2.75) is 44.9 Å². The standard InChI is InChI=1S/C32H34N2O4/c1-3-4-5-6-7-8-29(36)28(15-21-9-13-30(37)31(16-21)38-2)24-17-23-18-25(35)11-12-26(23)27(19-24)22-10-14-32(33)34-20-22/h7-14,16-20,28,35,37H,3-6,15H2,1-2H3,(H2,33,34)/b8-7+/t28-/m1/s1. The molecule has 3 aromatic carbocycles. The van der Waals surface area contributed by atoms with Crippen molar-refractivity contribution in [1.82, 2.24) is 4.98 Å². The van der Waals surface area contributed by atoms with Crippen LogP contribution in [0.2, 0.25) is 0 Å². The smallest absolute Gasteiger partial charge is 0.163 e. The van der Waals surface area contributed by atoms with E-state index in [1.54, 1.807) is 48.7 Å². The van der Waals surface area contributed by atoms with Gasteiger partial charge in [0.15, 0.2) is 17.3 Å².